The van der Waals surface area contributed by atoms with Crippen LogP contribution < -0.4 is 11.1 Å². The molecule has 2 rings (SSSR count). The zero-order valence-electron chi connectivity index (χ0n) is 9.61. The van der Waals surface area contributed by atoms with Crippen LogP contribution in [0, 0.1) is 5.82 Å². The second-order valence-electron chi connectivity index (χ2n) is 3.83. The zero-order valence-corrected chi connectivity index (χ0v) is 10.4. The maximum Gasteiger partial charge on any atom is 0.166 e. The average Bonchev–Trinajstić information content (AvgIpc) is 2.39. The first-order valence-electron chi connectivity index (χ1n) is 5.53. The Morgan fingerprint density at radius 3 is 2.67 bits per heavy atom. The number of nitrogens with zero attached hydrogens (tertiary/aromatic N) is 1. The lowest BCUT2D eigenvalue weighted by Crippen LogP contribution is -2.21. The number of pyridine rings is 1. The molecule has 0 amide bonds. The van der Waals surface area contributed by atoms with Gasteiger partial charge >= 0.3 is 0 Å². The summed E-state index contributed by atoms with van der Waals surface area (Å²) < 4.78 is 13.6. The van der Waals surface area contributed by atoms with Gasteiger partial charge in [-0.1, -0.05) is 41.9 Å². The molecule has 3 nitrogen and oxygen atoms in total. The van der Waals surface area contributed by atoms with E-state index in [0.29, 0.717) is 6.54 Å². The zero-order chi connectivity index (χ0) is 13.0. The first-order valence-corrected chi connectivity index (χ1v) is 5.91. The van der Waals surface area contributed by atoms with E-state index >= 15 is 0 Å². The molecule has 0 aliphatic carbocycles. The molecule has 2 aromatic rings. The molecule has 0 aliphatic rings. The van der Waals surface area contributed by atoms with E-state index in [1.807, 2.05) is 30.3 Å². The molecule has 0 aliphatic heterocycles. The van der Waals surface area contributed by atoms with E-state index in [9.17, 15) is 4.39 Å². The van der Waals surface area contributed by atoms with Crippen LogP contribution in [0.25, 0.3) is 0 Å². The van der Waals surface area contributed by atoms with E-state index in [1.165, 1.54) is 12.3 Å². The number of hydrogen-bond acceptors (Lipinski definition) is 3. The van der Waals surface area contributed by atoms with Crippen LogP contribution in [0.4, 0.5) is 10.2 Å². The van der Waals surface area contributed by atoms with Crippen molar-refractivity contribution in [1.82, 2.24) is 4.98 Å². The number of rotatable bonds is 4. The summed E-state index contributed by atoms with van der Waals surface area (Å²) in [5.74, 6) is -0.337. The van der Waals surface area contributed by atoms with Gasteiger partial charge in [0.25, 0.3) is 0 Å². The smallest absolute Gasteiger partial charge is 0.166 e. The van der Waals surface area contributed by atoms with Crippen LogP contribution in [0.1, 0.15) is 11.6 Å². The lowest BCUT2D eigenvalue weighted by Gasteiger charge is -2.18. The predicted octanol–water partition coefficient (Wildman–Crippen LogP) is 2.99. The average molecular weight is 266 g/mol. The maximum atomic E-state index is 13.6. The highest BCUT2D eigenvalue weighted by atomic mass is 35.5. The highest BCUT2D eigenvalue weighted by Crippen LogP contribution is 2.21. The van der Waals surface area contributed by atoms with Crippen LogP contribution in [-0.4, -0.2) is 11.5 Å². The van der Waals surface area contributed by atoms with Crippen molar-refractivity contribution in [3.05, 3.63) is 59.0 Å². The Morgan fingerprint density at radius 2 is 2.06 bits per heavy atom. The van der Waals surface area contributed by atoms with Gasteiger partial charge in [-0.15, -0.1) is 0 Å². The van der Waals surface area contributed by atoms with Gasteiger partial charge in [-0.05, 0) is 11.6 Å². The van der Waals surface area contributed by atoms with Crippen molar-refractivity contribution >= 4 is 17.4 Å². The summed E-state index contributed by atoms with van der Waals surface area (Å²) in [5, 5.41) is 3.24. The molecule has 0 saturated carbocycles. The first-order chi connectivity index (χ1) is 8.70. The van der Waals surface area contributed by atoms with Crippen LogP contribution in [0.2, 0.25) is 5.02 Å². The number of anilines is 1. The molecule has 0 saturated heterocycles. The molecule has 94 valence electrons. The minimum Gasteiger partial charge on any atom is -0.360 e. The SMILES string of the molecule is NCC(Nc1ncc(Cl)cc1F)c1ccccc1. The molecular weight excluding hydrogens is 253 g/mol. The summed E-state index contributed by atoms with van der Waals surface area (Å²) in [7, 11) is 0. The Morgan fingerprint density at radius 1 is 1.33 bits per heavy atom. The summed E-state index contributed by atoms with van der Waals surface area (Å²) in [4.78, 5) is 3.92. The first kappa shape index (κ1) is 12.8. The molecule has 18 heavy (non-hydrogen) atoms. The molecular formula is C13H13ClFN3. The Kier molecular flexibility index (Phi) is 4.12. The summed E-state index contributed by atoms with van der Waals surface area (Å²) in [6, 6.07) is 10.6. The van der Waals surface area contributed by atoms with Crippen molar-refractivity contribution in [2.75, 3.05) is 11.9 Å². The standard InChI is InChI=1S/C13H13ClFN3/c14-10-6-11(15)13(17-8-10)18-12(7-16)9-4-2-1-3-5-9/h1-6,8,12H,7,16H2,(H,17,18). The number of nitrogens with two attached hydrogens (primary N) is 1. The molecule has 5 heteroatoms. The van der Waals surface area contributed by atoms with Gasteiger partial charge in [-0.2, -0.15) is 0 Å². The fraction of sp³-hybridized carbons (Fsp3) is 0.154. The van der Waals surface area contributed by atoms with Gasteiger partial charge in [0, 0.05) is 12.7 Å². The van der Waals surface area contributed by atoms with E-state index in [2.05, 4.69) is 10.3 Å². The highest BCUT2D eigenvalue weighted by Gasteiger charge is 2.12. The second kappa shape index (κ2) is 5.80. The molecule has 1 unspecified atom stereocenters. The molecule has 0 bridgehead atoms. The van der Waals surface area contributed by atoms with E-state index in [4.69, 9.17) is 17.3 Å². The van der Waals surface area contributed by atoms with Crippen molar-refractivity contribution in [3.8, 4) is 0 Å². The van der Waals surface area contributed by atoms with Gasteiger partial charge in [-0.3, -0.25) is 0 Å². The highest BCUT2D eigenvalue weighted by molar-refractivity contribution is 6.30. The summed E-state index contributed by atoms with van der Waals surface area (Å²) in [5.41, 5.74) is 6.68. The normalized spacial score (nSPS) is 12.2. The Bertz CT molecular complexity index is 519. The quantitative estimate of drug-likeness (QED) is 0.894. The Hall–Kier alpha value is -1.65. The lowest BCUT2D eigenvalue weighted by molar-refractivity contribution is 0.619. The van der Waals surface area contributed by atoms with Crippen LogP contribution >= 0.6 is 11.6 Å². The van der Waals surface area contributed by atoms with Gasteiger partial charge in [0.05, 0.1) is 11.1 Å². The number of hydrogen-bond donors (Lipinski definition) is 2. The van der Waals surface area contributed by atoms with E-state index in [-0.39, 0.29) is 16.9 Å². The Balaban J connectivity index is 2.21. The van der Waals surface area contributed by atoms with Crippen molar-refractivity contribution < 1.29 is 4.39 Å². The molecule has 1 aromatic carbocycles. The monoisotopic (exact) mass is 265 g/mol. The third kappa shape index (κ3) is 2.97. The second-order valence-corrected chi connectivity index (χ2v) is 4.26. The molecule has 1 aromatic heterocycles. The molecule has 0 radical (unpaired) electrons. The molecule has 1 heterocycles. The van der Waals surface area contributed by atoms with Gasteiger partial charge in [0.15, 0.2) is 11.6 Å². The largest absolute Gasteiger partial charge is 0.360 e. The van der Waals surface area contributed by atoms with Crippen LogP contribution in [0.15, 0.2) is 42.6 Å². The van der Waals surface area contributed by atoms with Crippen molar-refractivity contribution in [1.29, 1.82) is 0 Å². The predicted molar refractivity (Wildman–Crippen MR) is 71.1 cm³/mol. The minimum atomic E-state index is -0.489. The molecule has 0 fully saturated rings. The van der Waals surface area contributed by atoms with Gasteiger partial charge in [0.2, 0.25) is 0 Å². The minimum absolute atomic E-state index is 0.152. The number of halogens is 2. The van der Waals surface area contributed by atoms with E-state index in [1.54, 1.807) is 0 Å². The number of aromatic nitrogens is 1. The van der Waals surface area contributed by atoms with Crippen LogP contribution in [-0.2, 0) is 0 Å². The Labute approximate surface area is 110 Å². The van der Waals surface area contributed by atoms with E-state index in [0.717, 1.165) is 5.56 Å². The lowest BCUT2D eigenvalue weighted by atomic mass is 10.1. The molecule has 0 spiro atoms. The van der Waals surface area contributed by atoms with Gasteiger partial charge < -0.3 is 11.1 Å². The molecule has 3 N–H and O–H groups in total. The van der Waals surface area contributed by atoms with Crippen molar-refractivity contribution in [3.63, 3.8) is 0 Å². The third-order valence-electron chi connectivity index (χ3n) is 2.56. The topological polar surface area (TPSA) is 50.9 Å². The van der Waals surface area contributed by atoms with Crippen LogP contribution in [0.5, 0.6) is 0 Å². The fourth-order valence-corrected chi connectivity index (χ4v) is 1.79. The third-order valence-corrected chi connectivity index (χ3v) is 2.76. The number of nitrogens with one attached hydrogen (secondary N) is 1. The maximum absolute atomic E-state index is 13.6. The van der Waals surface area contributed by atoms with Crippen LogP contribution in [0.3, 0.4) is 0 Å². The summed E-state index contributed by atoms with van der Waals surface area (Å²) in [6.45, 7) is 0.341. The summed E-state index contributed by atoms with van der Waals surface area (Å²) >= 11 is 5.65. The fourth-order valence-electron chi connectivity index (χ4n) is 1.65. The van der Waals surface area contributed by atoms with E-state index < -0.39 is 5.82 Å². The number of benzene rings is 1. The van der Waals surface area contributed by atoms with Gasteiger partial charge in [0.1, 0.15) is 0 Å². The summed E-state index contributed by atoms with van der Waals surface area (Å²) in [6.07, 6.45) is 1.39. The van der Waals surface area contributed by atoms with Crippen molar-refractivity contribution in [2.24, 2.45) is 5.73 Å². The van der Waals surface area contributed by atoms with Gasteiger partial charge in [-0.25, -0.2) is 9.37 Å². The molecule has 1 atom stereocenters. The van der Waals surface area contributed by atoms with Crippen molar-refractivity contribution in [2.45, 2.75) is 6.04 Å².